The van der Waals surface area contributed by atoms with Crippen molar-refractivity contribution in [3.05, 3.63) is 23.8 Å². The van der Waals surface area contributed by atoms with Gasteiger partial charge in [0.2, 0.25) is 0 Å². The zero-order valence-corrected chi connectivity index (χ0v) is 6.75. The maximum absolute atomic E-state index is 12.1. The van der Waals surface area contributed by atoms with Gasteiger partial charge in [-0.15, -0.1) is 0 Å². The molecular weight excluding hydrogens is 165 g/mol. The number of allylic oxidation sites excluding steroid dienone is 3. The van der Waals surface area contributed by atoms with Crippen LogP contribution in [0, 0.1) is 0 Å². The van der Waals surface area contributed by atoms with Gasteiger partial charge in [-0.1, -0.05) is 12.7 Å². The van der Waals surface area contributed by atoms with Gasteiger partial charge < -0.3 is 0 Å². The van der Waals surface area contributed by atoms with Gasteiger partial charge in [-0.3, -0.25) is 0 Å². The van der Waals surface area contributed by atoms with Crippen molar-refractivity contribution < 1.29 is 13.2 Å². The molecule has 68 valence electrons. The number of hydrogen-bond acceptors (Lipinski definition) is 0. The van der Waals surface area contributed by atoms with E-state index in [2.05, 4.69) is 6.58 Å². The van der Waals surface area contributed by atoms with Gasteiger partial charge in [-0.2, -0.15) is 13.2 Å². The average molecular weight is 176 g/mol. The van der Waals surface area contributed by atoms with E-state index in [1.165, 1.54) is 0 Å². The van der Waals surface area contributed by atoms with Crippen molar-refractivity contribution in [1.82, 2.24) is 0 Å². The molecule has 0 aromatic rings. The summed E-state index contributed by atoms with van der Waals surface area (Å²) >= 11 is 0. The molecule has 0 saturated carbocycles. The predicted octanol–water partition coefficient (Wildman–Crippen LogP) is 3.61. The molecule has 0 nitrogen and oxygen atoms in total. The van der Waals surface area contributed by atoms with E-state index in [-0.39, 0.29) is 0 Å². The average Bonchev–Trinajstić information content (AvgIpc) is 2.03. The number of hydrogen-bond donors (Lipinski definition) is 0. The van der Waals surface area contributed by atoms with Gasteiger partial charge in [0, 0.05) is 0 Å². The third-order valence-corrected chi connectivity index (χ3v) is 2.02. The molecular formula is C9H11F3. The Morgan fingerprint density at radius 3 is 2.42 bits per heavy atom. The normalized spacial score (nSPS) is 18.8. The van der Waals surface area contributed by atoms with Gasteiger partial charge in [-0.05, 0) is 31.3 Å². The standard InChI is InChI=1S/C9H11F3/c1-7(9(10,11)12)8-5-3-2-4-6-8/h5H,1-4,6H2. The lowest BCUT2D eigenvalue weighted by atomic mass is 9.94. The second-order valence-corrected chi connectivity index (χ2v) is 2.95. The Labute approximate surface area is 69.8 Å². The molecule has 0 amide bonds. The zero-order valence-electron chi connectivity index (χ0n) is 6.75. The number of halogens is 3. The fourth-order valence-corrected chi connectivity index (χ4v) is 1.29. The monoisotopic (exact) mass is 176 g/mol. The minimum Gasteiger partial charge on any atom is -0.166 e. The highest BCUT2D eigenvalue weighted by atomic mass is 19.4. The summed E-state index contributed by atoms with van der Waals surface area (Å²) in [5, 5.41) is 0. The van der Waals surface area contributed by atoms with Crippen molar-refractivity contribution in [3.8, 4) is 0 Å². The molecule has 0 unspecified atom stereocenters. The summed E-state index contributed by atoms with van der Waals surface area (Å²) in [5.74, 6) is 0. The third kappa shape index (κ3) is 2.13. The molecule has 0 N–H and O–H groups in total. The first-order chi connectivity index (χ1) is 5.52. The Morgan fingerprint density at radius 2 is 2.00 bits per heavy atom. The summed E-state index contributed by atoms with van der Waals surface area (Å²) in [5.41, 5.74) is -0.282. The molecule has 0 radical (unpaired) electrons. The molecule has 0 saturated heterocycles. The molecule has 0 bridgehead atoms. The highest BCUT2D eigenvalue weighted by Gasteiger charge is 2.33. The van der Waals surface area contributed by atoms with Crippen LogP contribution in [-0.2, 0) is 0 Å². The van der Waals surface area contributed by atoms with Gasteiger partial charge in [0.1, 0.15) is 0 Å². The Bertz CT molecular complexity index is 210. The molecule has 0 aromatic carbocycles. The summed E-state index contributed by atoms with van der Waals surface area (Å²) in [7, 11) is 0. The Kier molecular flexibility index (Phi) is 2.60. The molecule has 0 heterocycles. The van der Waals surface area contributed by atoms with E-state index < -0.39 is 11.7 Å². The fraction of sp³-hybridized carbons (Fsp3) is 0.556. The molecule has 1 aliphatic carbocycles. The molecule has 1 rings (SSSR count). The van der Waals surface area contributed by atoms with Gasteiger partial charge in [0.25, 0.3) is 0 Å². The van der Waals surface area contributed by atoms with Gasteiger partial charge in [0.15, 0.2) is 0 Å². The highest BCUT2D eigenvalue weighted by Crippen LogP contribution is 2.34. The molecule has 0 aromatic heterocycles. The topological polar surface area (TPSA) is 0 Å². The predicted molar refractivity (Wildman–Crippen MR) is 41.7 cm³/mol. The summed E-state index contributed by atoms with van der Waals surface area (Å²) in [4.78, 5) is 0. The second kappa shape index (κ2) is 3.33. The van der Waals surface area contributed by atoms with E-state index in [4.69, 9.17) is 0 Å². The van der Waals surface area contributed by atoms with Crippen molar-refractivity contribution in [3.63, 3.8) is 0 Å². The molecule has 1 aliphatic rings. The fourth-order valence-electron chi connectivity index (χ4n) is 1.29. The van der Waals surface area contributed by atoms with E-state index in [0.29, 0.717) is 12.0 Å². The SMILES string of the molecule is C=C(C1=CCCCC1)C(F)(F)F. The van der Waals surface area contributed by atoms with E-state index >= 15 is 0 Å². The maximum Gasteiger partial charge on any atom is 0.416 e. The molecule has 0 spiro atoms. The lowest BCUT2D eigenvalue weighted by Crippen LogP contribution is -2.13. The van der Waals surface area contributed by atoms with Crippen molar-refractivity contribution >= 4 is 0 Å². The first-order valence-corrected chi connectivity index (χ1v) is 3.97. The largest absolute Gasteiger partial charge is 0.416 e. The molecule has 12 heavy (non-hydrogen) atoms. The Morgan fingerprint density at radius 1 is 1.33 bits per heavy atom. The van der Waals surface area contributed by atoms with E-state index in [1.54, 1.807) is 6.08 Å². The van der Waals surface area contributed by atoms with E-state index in [9.17, 15) is 13.2 Å². The van der Waals surface area contributed by atoms with Crippen LogP contribution >= 0.6 is 0 Å². The van der Waals surface area contributed by atoms with Crippen LogP contribution in [0.25, 0.3) is 0 Å². The van der Waals surface area contributed by atoms with Crippen LogP contribution in [0.1, 0.15) is 25.7 Å². The van der Waals surface area contributed by atoms with Gasteiger partial charge in [-0.25, -0.2) is 0 Å². The van der Waals surface area contributed by atoms with Crippen LogP contribution < -0.4 is 0 Å². The minimum absolute atomic E-state index is 0.383. The zero-order chi connectivity index (χ0) is 9.19. The quantitative estimate of drug-likeness (QED) is 0.572. The Hall–Kier alpha value is -0.730. The summed E-state index contributed by atoms with van der Waals surface area (Å²) in [6.45, 7) is 3.06. The third-order valence-electron chi connectivity index (χ3n) is 2.02. The van der Waals surface area contributed by atoms with Crippen molar-refractivity contribution in [2.24, 2.45) is 0 Å². The second-order valence-electron chi connectivity index (χ2n) is 2.95. The highest BCUT2D eigenvalue weighted by molar-refractivity contribution is 5.32. The molecule has 0 fully saturated rings. The summed E-state index contributed by atoms with van der Waals surface area (Å²) < 4.78 is 36.3. The van der Waals surface area contributed by atoms with Crippen LogP contribution in [0.5, 0.6) is 0 Å². The van der Waals surface area contributed by atoms with Crippen molar-refractivity contribution in [1.29, 1.82) is 0 Å². The lowest BCUT2D eigenvalue weighted by molar-refractivity contribution is -0.0893. The van der Waals surface area contributed by atoms with E-state index in [0.717, 1.165) is 19.3 Å². The van der Waals surface area contributed by atoms with Crippen molar-refractivity contribution in [2.45, 2.75) is 31.9 Å². The molecule has 0 atom stereocenters. The van der Waals surface area contributed by atoms with Crippen LogP contribution in [0.3, 0.4) is 0 Å². The summed E-state index contributed by atoms with van der Waals surface area (Å²) in [6, 6.07) is 0. The van der Waals surface area contributed by atoms with E-state index in [1.807, 2.05) is 0 Å². The van der Waals surface area contributed by atoms with Crippen molar-refractivity contribution in [2.75, 3.05) is 0 Å². The lowest BCUT2D eigenvalue weighted by Gasteiger charge is -2.16. The smallest absolute Gasteiger partial charge is 0.166 e. The molecule has 0 aliphatic heterocycles. The van der Waals surface area contributed by atoms with Crippen LogP contribution in [0.2, 0.25) is 0 Å². The first kappa shape index (κ1) is 9.36. The van der Waals surface area contributed by atoms with Gasteiger partial charge >= 0.3 is 6.18 Å². The van der Waals surface area contributed by atoms with Crippen LogP contribution in [-0.4, -0.2) is 6.18 Å². The number of rotatable bonds is 1. The first-order valence-electron chi connectivity index (χ1n) is 3.97. The Balaban J connectivity index is 2.70. The molecule has 3 heteroatoms. The minimum atomic E-state index is -4.25. The number of alkyl halides is 3. The summed E-state index contributed by atoms with van der Waals surface area (Å²) in [6.07, 6.45) is 0.529. The van der Waals surface area contributed by atoms with Gasteiger partial charge in [0.05, 0.1) is 5.57 Å². The van der Waals surface area contributed by atoms with Crippen LogP contribution in [0.15, 0.2) is 23.8 Å². The van der Waals surface area contributed by atoms with Crippen LogP contribution in [0.4, 0.5) is 13.2 Å². The maximum atomic E-state index is 12.1.